The molecule has 0 N–H and O–H groups in total. The Labute approximate surface area is 124 Å². The van der Waals surface area contributed by atoms with Crippen molar-refractivity contribution < 1.29 is 4.79 Å². The zero-order valence-corrected chi connectivity index (χ0v) is 12.9. The molecule has 0 spiro atoms. The Morgan fingerprint density at radius 3 is 2.48 bits per heavy atom. The number of carbonyl (C=O) groups is 1. The Bertz CT molecular complexity index is 580. The molecule has 7 heteroatoms. The molecule has 1 heterocycles. The molecule has 2 rings (SSSR count). The van der Waals surface area contributed by atoms with E-state index in [4.69, 9.17) is 0 Å². The van der Waals surface area contributed by atoms with Crippen molar-refractivity contribution in [2.75, 3.05) is 6.54 Å². The van der Waals surface area contributed by atoms with Crippen molar-refractivity contribution in [1.82, 2.24) is 24.7 Å². The van der Waals surface area contributed by atoms with E-state index < -0.39 is 5.69 Å². The summed E-state index contributed by atoms with van der Waals surface area (Å²) in [6.45, 7) is 6.07. The van der Waals surface area contributed by atoms with Crippen molar-refractivity contribution in [3.8, 4) is 0 Å². The number of nitrogens with zero attached hydrogens (tertiary/aromatic N) is 5. The minimum atomic E-state index is -0.509. The van der Waals surface area contributed by atoms with Gasteiger partial charge in [-0.1, -0.05) is 25.3 Å². The average Bonchev–Trinajstić information content (AvgIpc) is 2.90. The lowest BCUT2D eigenvalue weighted by molar-refractivity contribution is 0.157. The van der Waals surface area contributed by atoms with Gasteiger partial charge in [0.15, 0.2) is 0 Å². The Balaban J connectivity index is 2.26. The maximum Gasteiger partial charge on any atom is 0.377 e. The van der Waals surface area contributed by atoms with Crippen LogP contribution in [0.1, 0.15) is 52.9 Å². The topological polar surface area (TPSA) is 73.0 Å². The molecule has 7 nitrogen and oxygen atoms in total. The van der Waals surface area contributed by atoms with Gasteiger partial charge in [0.05, 0.1) is 0 Å². The van der Waals surface area contributed by atoms with Crippen LogP contribution >= 0.6 is 0 Å². The van der Waals surface area contributed by atoms with Crippen molar-refractivity contribution in [2.45, 2.75) is 58.9 Å². The average molecular weight is 293 g/mol. The Hall–Kier alpha value is -1.92. The number of rotatable bonds is 3. The molecular weight excluding hydrogens is 270 g/mol. The second kappa shape index (κ2) is 6.69. The number of carbonyl (C=O) groups excluding carboxylic acids is 1. The summed E-state index contributed by atoms with van der Waals surface area (Å²) in [5, 5.41) is 7.50. The molecule has 0 aromatic carbocycles. The minimum Gasteiger partial charge on any atom is -0.320 e. The summed E-state index contributed by atoms with van der Waals surface area (Å²) in [5.74, 6) is 0. The van der Waals surface area contributed by atoms with Gasteiger partial charge in [0.25, 0.3) is 0 Å². The molecule has 1 aromatic heterocycles. The maximum absolute atomic E-state index is 12.6. The molecule has 0 atom stereocenters. The summed E-state index contributed by atoms with van der Waals surface area (Å²) in [6, 6.07) is -0.166. The summed E-state index contributed by atoms with van der Waals surface area (Å²) in [5.41, 5.74) is 0.143. The number of amides is 1. The van der Waals surface area contributed by atoms with Crippen LogP contribution in [0.3, 0.4) is 0 Å². The largest absolute Gasteiger partial charge is 0.377 e. The lowest BCUT2D eigenvalue weighted by Gasteiger charge is -2.32. The van der Waals surface area contributed by atoms with Gasteiger partial charge in [-0.15, -0.1) is 4.68 Å². The Morgan fingerprint density at radius 2 is 1.90 bits per heavy atom. The van der Waals surface area contributed by atoms with E-state index in [2.05, 4.69) is 10.4 Å². The fourth-order valence-electron chi connectivity index (χ4n) is 2.77. The molecular formula is C14H23N5O2. The highest BCUT2D eigenvalue weighted by atomic mass is 16.2. The smallest absolute Gasteiger partial charge is 0.320 e. The predicted octanol–water partition coefficient (Wildman–Crippen LogP) is 1.94. The molecule has 0 bridgehead atoms. The summed E-state index contributed by atoms with van der Waals surface area (Å²) < 4.78 is 2.01. The number of hydrogen-bond donors (Lipinski definition) is 0. The van der Waals surface area contributed by atoms with Crippen LogP contribution in [0.15, 0.2) is 10.9 Å². The molecule has 0 saturated heterocycles. The molecule has 1 aliphatic rings. The van der Waals surface area contributed by atoms with E-state index in [1.165, 1.54) is 6.42 Å². The second-order valence-electron chi connectivity index (χ2n) is 5.38. The van der Waals surface area contributed by atoms with Crippen molar-refractivity contribution >= 4 is 11.7 Å². The summed E-state index contributed by atoms with van der Waals surface area (Å²) in [6.07, 6.45) is 7.23. The van der Waals surface area contributed by atoms with Gasteiger partial charge in [-0.05, 0) is 44.0 Å². The quantitative estimate of drug-likeness (QED) is 0.798. The molecule has 21 heavy (non-hydrogen) atoms. The van der Waals surface area contributed by atoms with Crippen LogP contribution in [0.2, 0.25) is 0 Å². The van der Waals surface area contributed by atoms with Crippen molar-refractivity contribution in [2.24, 2.45) is 0 Å². The third kappa shape index (κ3) is 3.06. The van der Waals surface area contributed by atoms with Gasteiger partial charge in [-0.2, -0.15) is 4.68 Å². The number of hydrogen-bond acceptors (Lipinski definition) is 4. The van der Waals surface area contributed by atoms with E-state index in [0.717, 1.165) is 35.0 Å². The molecule has 1 saturated carbocycles. The Kier molecular flexibility index (Phi) is 4.93. The first-order chi connectivity index (χ1) is 10.1. The lowest BCUT2D eigenvalue weighted by Crippen LogP contribution is -2.46. The van der Waals surface area contributed by atoms with Crippen LogP contribution in [-0.4, -0.2) is 43.3 Å². The van der Waals surface area contributed by atoms with E-state index >= 15 is 0 Å². The van der Waals surface area contributed by atoms with E-state index in [-0.39, 0.29) is 12.1 Å². The third-order valence-corrected chi connectivity index (χ3v) is 4.12. The van der Waals surface area contributed by atoms with Gasteiger partial charge >= 0.3 is 11.7 Å². The van der Waals surface area contributed by atoms with E-state index in [1.807, 2.05) is 13.8 Å². The SMILES string of the molecule is C/C=C(\C)n1nnn(C(=O)N(CC)C2CCCCC2)c1=O. The fraction of sp³-hybridized carbons (Fsp3) is 0.714. The summed E-state index contributed by atoms with van der Waals surface area (Å²) in [4.78, 5) is 26.5. The van der Waals surface area contributed by atoms with Crippen molar-refractivity contribution in [3.05, 3.63) is 16.6 Å². The summed E-state index contributed by atoms with van der Waals surface area (Å²) in [7, 11) is 0. The molecule has 1 aromatic rings. The second-order valence-corrected chi connectivity index (χ2v) is 5.38. The molecule has 0 unspecified atom stereocenters. The van der Waals surface area contributed by atoms with E-state index in [9.17, 15) is 9.59 Å². The molecule has 1 amide bonds. The van der Waals surface area contributed by atoms with E-state index in [1.54, 1.807) is 17.9 Å². The molecule has 1 aliphatic carbocycles. The van der Waals surface area contributed by atoms with Crippen LogP contribution in [0.25, 0.3) is 5.70 Å². The number of tetrazole rings is 1. The highest BCUT2D eigenvalue weighted by molar-refractivity contribution is 5.76. The minimum absolute atomic E-state index is 0.205. The highest BCUT2D eigenvalue weighted by Crippen LogP contribution is 2.22. The first-order valence-corrected chi connectivity index (χ1v) is 7.59. The Morgan fingerprint density at radius 1 is 1.29 bits per heavy atom. The zero-order chi connectivity index (χ0) is 15.4. The maximum atomic E-state index is 12.6. The first kappa shape index (κ1) is 15.5. The van der Waals surface area contributed by atoms with Crippen molar-refractivity contribution in [3.63, 3.8) is 0 Å². The zero-order valence-electron chi connectivity index (χ0n) is 12.9. The lowest BCUT2D eigenvalue weighted by atomic mass is 9.94. The fourth-order valence-corrected chi connectivity index (χ4v) is 2.77. The van der Waals surface area contributed by atoms with Gasteiger partial charge in [0, 0.05) is 18.3 Å². The van der Waals surface area contributed by atoms with Gasteiger partial charge in [0.1, 0.15) is 0 Å². The van der Waals surface area contributed by atoms with Gasteiger partial charge in [-0.3, -0.25) is 0 Å². The monoisotopic (exact) mass is 293 g/mol. The molecule has 0 radical (unpaired) electrons. The first-order valence-electron chi connectivity index (χ1n) is 7.59. The standard InChI is InChI=1S/C14H23N5O2/c1-4-11(3)18-14(21)19(16-15-18)13(20)17(5-2)12-9-7-6-8-10-12/h4,12H,5-10H2,1-3H3/b11-4+. The molecule has 0 aliphatic heterocycles. The van der Waals surface area contributed by atoms with Crippen LogP contribution in [0, 0.1) is 0 Å². The predicted molar refractivity (Wildman–Crippen MR) is 80.0 cm³/mol. The highest BCUT2D eigenvalue weighted by Gasteiger charge is 2.27. The van der Waals surface area contributed by atoms with Crippen LogP contribution in [0.4, 0.5) is 4.79 Å². The normalized spacial score (nSPS) is 17.0. The van der Waals surface area contributed by atoms with Crippen LogP contribution in [-0.2, 0) is 0 Å². The number of aromatic nitrogens is 4. The molecule has 116 valence electrons. The number of allylic oxidation sites excluding steroid dienone is 2. The van der Waals surface area contributed by atoms with Crippen LogP contribution < -0.4 is 5.69 Å². The van der Waals surface area contributed by atoms with Gasteiger partial charge < -0.3 is 4.90 Å². The summed E-state index contributed by atoms with van der Waals surface area (Å²) >= 11 is 0. The van der Waals surface area contributed by atoms with Gasteiger partial charge in [-0.25, -0.2) is 9.59 Å². The molecule has 1 fully saturated rings. The van der Waals surface area contributed by atoms with Crippen LogP contribution in [0.5, 0.6) is 0 Å². The van der Waals surface area contributed by atoms with E-state index in [0.29, 0.717) is 12.2 Å². The van der Waals surface area contributed by atoms with Gasteiger partial charge in [0.2, 0.25) is 0 Å². The van der Waals surface area contributed by atoms with Crippen molar-refractivity contribution in [1.29, 1.82) is 0 Å². The third-order valence-electron chi connectivity index (χ3n) is 4.12.